The molecule has 8 nitrogen and oxygen atoms in total. The maximum Gasteiger partial charge on any atom is 0.222 e. The van der Waals surface area contributed by atoms with Gasteiger partial charge in [-0.1, -0.05) is 23.9 Å². The lowest BCUT2D eigenvalue weighted by Gasteiger charge is -2.14. The van der Waals surface area contributed by atoms with Gasteiger partial charge in [0.25, 0.3) is 0 Å². The number of amides is 1. The van der Waals surface area contributed by atoms with Crippen molar-refractivity contribution in [3.05, 3.63) is 78.2 Å². The first-order valence-corrected chi connectivity index (χ1v) is 14.7. The van der Waals surface area contributed by atoms with Crippen LogP contribution < -0.4 is 5.32 Å². The molecule has 0 aliphatic heterocycles. The van der Waals surface area contributed by atoms with Gasteiger partial charge in [-0.15, -0.1) is 0 Å². The number of thioether (sulfide) groups is 1. The molecule has 0 saturated heterocycles. The number of aromatic nitrogens is 3. The maximum atomic E-state index is 13.8. The fourth-order valence-corrected chi connectivity index (χ4v) is 5.43. The predicted molar refractivity (Wildman–Crippen MR) is 151 cm³/mol. The van der Waals surface area contributed by atoms with Crippen molar-refractivity contribution in [3.8, 4) is 22.5 Å². The fraction of sp³-hybridized carbons (Fsp3) is 0.250. The summed E-state index contributed by atoms with van der Waals surface area (Å²) in [5.74, 6) is 0.427. The van der Waals surface area contributed by atoms with Crippen LogP contribution in [0.25, 0.3) is 22.5 Å². The molecule has 0 aliphatic rings. The highest BCUT2D eigenvalue weighted by Crippen LogP contribution is 2.37. The number of nitrogens with one attached hydrogen (secondary N) is 1. The van der Waals surface area contributed by atoms with Gasteiger partial charge in [-0.05, 0) is 54.1 Å². The van der Waals surface area contributed by atoms with Crippen molar-refractivity contribution < 1.29 is 23.2 Å². The molecule has 2 heterocycles. The number of hydrogen-bond acceptors (Lipinski definition) is 7. The van der Waals surface area contributed by atoms with Crippen LogP contribution in [-0.4, -0.2) is 55.8 Å². The SMILES string of the molecule is CC(=O)Nc1cc(-c2c(-c3ccc(F)cc3)nc(SCc3ccc(S(C)=O)cc3)n2CCOCCO)ccn1. The lowest BCUT2D eigenvalue weighted by atomic mass is 10.1. The average Bonchev–Trinajstić information content (AvgIpc) is 3.28. The zero-order chi connectivity index (χ0) is 27.8. The summed E-state index contributed by atoms with van der Waals surface area (Å²) in [7, 11) is -1.05. The number of hydrogen-bond donors (Lipinski definition) is 2. The van der Waals surface area contributed by atoms with Crippen molar-refractivity contribution in [2.75, 3.05) is 31.4 Å². The van der Waals surface area contributed by atoms with Gasteiger partial charge in [0.1, 0.15) is 11.6 Å². The number of aliphatic hydroxyl groups excluding tert-OH is 1. The van der Waals surface area contributed by atoms with Crippen LogP contribution in [0.1, 0.15) is 12.5 Å². The van der Waals surface area contributed by atoms with Crippen molar-refractivity contribution >= 4 is 34.3 Å². The number of carbonyl (C=O) groups excluding carboxylic acids is 1. The van der Waals surface area contributed by atoms with Crippen LogP contribution in [0.4, 0.5) is 10.2 Å². The van der Waals surface area contributed by atoms with Gasteiger partial charge in [-0.25, -0.2) is 14.4 Å². The van der Waals surface area contributed by atoms with Gasteiger partial charge in [0.2, 0.25) is 5.91 Å². The molecule has 11 heteroatoms. The second-order valence-electron chi connectivity index (χ2n) is 8.58. The second-order valence-corrected chi connectivity index (χ2v) is 10.9. The third kappa shape index (κ3) is 7.60. The molecule has 1 unspecified atom stereocenters. The van der Waals surface area contributed by atoms with E-state index in [0.717, 1.165) is 32.4 Å². The summed E-state index contributed by atoms with van der Waals surface area (Å²) >= 11 is 1.53. The fourth-order valence-electron chi connectivity index (χ4n) is 3.93. The molecule has 1 amide bonds. The van der Waals surface area contributed by atoms with E-state index in [2.05, 4.69) is 10.3 Å². The van der Waals surface area contributed by atoms with Gasteiger partial charge in [0.15, 0.2) is 5.16 Å². The molecule has 39 heavy (non-hydrogen) atoms. The topological polar surface area (TPSA) is 106 Å². The van der Waals surface area contributed by atoms with Gasteiger partial charge in [0.05, 0.1) is 31.2 Å². The monoisotopic (exact) mass is 568 g/mol. The number of halogens is 1. The molecule has 1 atom stereocenters. The number of pyridine rings is 1. The van der Waals surface area contributed by atoms with E-state index in [0.29, 0.717) is 30.4 Å². The van der Waals surface area contributed by atoms with Crippen LogP contribution in [0.15, 0.2) is 76.9 Å². The number of benzene rings is 2. The molecule has 0 aliphatic carbocycles. The summed E-state index contributed by atoms with van der Waals surface area (Å²) in [4.78, 5) is 21.7. The highest BCUT2D eigenvalue weighted by molar-refractivity contribution is 7.98. The van der Waals surface area contributed by atoms with Crippen LogP contribution in [0.2, 0.25) is 0 Å². The quantitative estimate of drug-likeness (QED) is 0.188. The van der Waals surface area contributed by atoms with Crippen LogP contribution >= 0.6 is 11.8 Å². The first-order valence-electron chi connectivity index (χ1n) is 12.2. The summed E-state index contributed by atoms with van der Waals surface area (Å²) in [5, 5.41) is 12.6. The molecule has 204 valence electrons. The summed E-state index contributed by atoms with van der Waals surface area (Å²) in [5.41, 5.74) is 3.96. The smallest absolute Gasteiger partial charge is 0.222 e. The van der Waals surface area contributed by atoms with Gasteiger partial charge >= 0.3 is 0 Å². The first-order chi connectivity index (χ1) is 18.9. The minimum atomic E-state index is -1.05. The third-order valence-electron chi connectivity index (χ3n) is 5.71. The summed E-state index contributed by atoms with van der Waals surface area (Å²) < 4.78 is 33.1. The highest BCUT2D eigenvalue weighted by atomic mass is 32.2. The summed E-state index contributed by atoms with van der Waals surface area (Å²) in [6.45, 7) is 2.32. The largest absolute Gasteiger partial charge is 0.394 e. The van der Waals surface area contributed by atoms with Gasteiger partial charge in [-0.2, -0.15) is 0 Å². The van der Waals surface area contributed by atoms with Crippen molar-refractivity contribution in [3.63, 3.8) is 0 Å². The Morgan fingerprint density at radius 3 is 2.51 bits per heavy atom. The Bertz CT molecular complexity index is 1440. The maximum absolute atomic E-state index is 13.8. The van der Waals surface area contributed by atoms with Gasteiger partial charge in [-0.3, -0.25) is 9.00 Å². The first kappa shape index (κ1) is 28.6. The third-order valence-corrected chi connectivity index (χ3v) is 7.69. The number of imidazole rings is 1. The second kappa shape index (κ2) is 13.6. The molecule has 0 spiro atoms. The number of carbonyl (C=O) groups is 1. The molecule has 2 aromatic heterocycles. The minimum absolute atomic E-state index is 0.0812. The molecule has 0 fully saturated rings. The van der Waals surface area contributed by atoms with E-state index in [4.69, 9.17) is 14.8 Å². The zero-order valence-corrected chi connectivity index (χ0v) is 23.2. The Morgan fingerprint density at radius 2 is 1.85 bits per heavy atom. The van der Waals surface area contributed by atoms with Crippen molar-refractivity contribution in [1.29, 1.82) is 0 Å². The molecular weight excluding hydrogens is 539 g/mol. The van der Waals surface area contributed by atoms with E-state index < -0.39 is 10.8 Å². The van der Waals surface area contributed by atoms with Crippen molar-refractivity contribution in [2.24, 2.45) is 0 Å². The molecular formula is C28H29FN4O4S2. The molecule has 0 bridgehead atoms. The molecule has 0 saturated carbocycles. The van der Waals surface area contributed by atoms with E-state index in [1.54, 1.807) is 30.7 Å². The lowest BCUT2D eigenvalue weighted by molar-refractivity contribution is -0.114. The van der Waals surface area contributed by atoms with E-state index in [9.17, 15) is 13.4 Å². The normalized spacial score (nSPS) is 11.9. The average molecular weight is 569 g/mol. The standard InChI is InChI=1S/C28H29FN4O4S2/c1-19(35)31-25-17-22(11-12-30-25)27-26(21-5-7-23(29)8-6-21)32-28(33(27)13-15-37-16-14-34)38-18-20-3-9-24(10-4-20)39(2)36/h3-12,17,34H,13-16,18H2,1-2H3,(H,30,31,35). The molecule has 0 radical (unpaired) electrons. The summed E-state index contributed by atoms with van der Waals surface area (Å²) in [6.07, 6.45) is 3.26. The van der Waals surface area contributed by atoms with Crippen LogP contribution in [0.3, 0.4) is 0 Å². The van der Waals surface area contributed by atoms with Gasteiger partial charge in [0, 0.05) is 58.5 Å². The van der Waals surface area contributed by atoms with Crippen LogP contribution in [-0.2, 0) is 32.6 Å². The number of nitrogens with zero attached hydrogens (tertiary/aromatic N) is 3. The molecule has 2 N–H and O–H groups in total. The number of ether oxygens (including phenoxy) is 1. The Balaban J connectivity index is 1.78. The van der Waals surface area contributed by atoms with E-state index in [1.807, 2.05) is 34.9 Å². The van der Waals surface area contributed by atoms with Crippen molar-refractivity contribution in [1.82, 2.24) is 14.5 Å². The number of anilines is 1. The number of rotatable bonds is 12. The van der Waals surface area contributed by atoms with E-state index in [-0.39, 0.29) is 24.9 Å². The molecule has 4 rings (SSSR count). The molecule has 2 aromatic carbocycles. The van der Waals surface area contributed by atoms with Crippen molar-refractivity contribution in [2.45, 2.75) is 29.3 Å². The Morgan fingerprint density at radius 1 is 1.10 bits per heavy atom. The van der Waals surface area contributed by atoms with Gasteiger partial charge < -0.3 is 19.7 Å². The Kier molecular flexibility index (Phi) is 9.99. The molecule has 4 aromatic rings. The summed E-state index contributed by atoms with van der Waals surface area (Å²) in [6, 6.07) is 17.4. The zero-order valence-electron chi connectivity index (χ0n) is 21.6. The highest BCUT2D eigenvalue weighted by Gasteiger charge is 2.21. The van der Waals surface area contributed by atoms with E-state index >= 15 is 0 Å². The van der Waals surface area contributed by atoms with Crippen LogP contribution in [0.5, 0.6) is 0 Å². The van der Waals surface area contributed by atoms with E-state index in [1.165, 1.54) is 30.8 Å². The van der Waals surface area contributed by atoms with Crippen LogP contribution in [0, 0.1) is 5.82 Å². The number of aliphatic hydroxyl groups is 1. The Labute approximate surface area is 233 Å². The Hall–Kier alpha value is -3.38. The lowest BCUT2D eigenvalue weighted by Crippen LogP contribution is -2.11. The predicted octanol–water partition coefficient (Wildman–Crippen LogP) is 4.75. The minimum Gasteiger partial charge on any atom is -0.394 e.